The van der Waals surface area contributed by atoms with E-state index >= 15 is 0 Å². The van der Waals surface area contributed by atoms with E-state index in [4.69, 9.17) is 9.47 Å². The van der Waals surface area contributed by atoms with Crippen molar-refractivity contribution in [1.82, 2.24) is 14.9 Å². The Morgan fingerprint density at radius 1 is 1.18 bits per heavy atom. The van der Waals surface area contributed by atoms with Crippen LogP contribution in [0.5, 0.6) is 5.75 Å². The number of rotatable bonds is 5. The van der Waals surface area contributed by atoms with Crippen LogP contribution in [0.4, 0.5) is 4.39 Å². The predicted molar refractivity (Wildman–Crippen MR) is 127 cm³/mol. The van der Waals surface area contributed by atoms with Crippen LogP contribution in [0.25, 0.3) is 22.2 Å². The van der Waals surface area contributed by atoms with Gasteiger partial charge in [-0.15, -0.1) is 0 Å². The largest absolute Gasteiger partial charge is 0.496 e. The fraction of sp³-hybridized carbons (Fsp3) is 0.462. The lowest BCUT2D eigenvalue weighted by atomic mass is 9.96. The molecule has 1 aliphatic heterocycles. The van der Waals surface area contributed by atoms with Gasteiger partial charge in [-0.05, 0) is 89.0 Å². The van der Waals surface area contributed by atoms with Crippen LogP contribution < -0.4 is 4.74 Å². The van der Waals surface area contributed by atoms with Gasteiger partial charge in [-0.3, -0.25) is 9.69 Å². The number of fused-ring (bicyclic) bond motifs is 1. The second-order valence-electron chi connectivity index (χ2n) is 9.68. The quantitative estimate of drug-likeness (QED) is 0.532. The van der Waals surface area contributed by atoms with Gasteiger partial charge in [0.05, 0.1) is 13.7 Å². The number of hydrogen-bond acceptors (Lipinski definition) is 5. The Bertz CT molecular complexity index is 1140. The third-order valence-electron chi connectivity index (χ3n) is 6.04. The van der Waals surface area contributed by atoms with E-state index < -0.39 is 5.60 Å². The number of benzene rings is 1. The lowest BCUT2D eigenvalue weighted by molar-refractivity contribution is -0.156. The second kappa shape index (κ2) is 9.51. The van der Waals surface area contributed by atoms with E-state index in [1.807, 2.05) is 26.8 Å². The molecule has 1 atom stereocenters. The minimum Gasteiger partial charge on any atom is -0.496 e. The van der Waals surface area contributed by atoms with Crippen molar-refractivity contribution in [2.75, 3.05) is 26.7 Å². The van der Waals surface area contributed by atoms with Crippen LogP contribution in [0.15, 0.2) is 36.5 Å². The number of aromatic amines is 1. The normalized spacial score (nSPS) is 17.7. The van der Waals surface area contributed by atoms with Crippen LogP contribution in [-0.2, 0) is 9.53 Å². The molecule has 3 heterocycles. The molecule has 1 unspecified atom stereocenters. The van der Waals surface area contributed by atoms with E-state index in [9.17, 15) is 9.18 Å². The molecule has 6 nitrogen and oxygen atoms in total. The molecule has 4 rings (SSSR count). The van der Waals surface area contributed by atoms with E-state index in [2.05, 4.69) is 20.9 Å². The van der Waals surface area contributed by atoms with Gasteiger partial charge in [-0.1, -0.05) is 0 Å². The lowest BCUT2D eigenvalue weighted by Gasteiger charge is -2.23. The number of pyridine rings is 1. The van der Waals surface area contributed by atoms with Gasteiger partial charge >= 0.3 is 5.97 Å². The van der Waals surface area contributed by atoms with Crippen LogP contribution in [0.3, 0.4) is 0 Å². The highest BCUT2D eigenvalue weighted by Gasteiger charge is 2.24. The van der Waals surface area contributed by atoms with Crippen LogP contribution in [0.1, 0.15) is 51.6 Å². The monoisotopic (exact) mass is 453 g/mol. The average molecular weight is 454 g/mol. The number of carbonyl (C=O) groups excluding carboxylic acids is 1. The van der Waals surface area contributed by atoms with Crippen molar-refractivity contribution in [3.05, 3.63) is 48.0 Å². The second-order valence-corrected chi connectivity index (χ2v) is 9.68. The molecule has 0 amide bonds. The molecule has 1 N–H and O–H groups in total. The SMILES string of the molecule is COc1ccc(F)cc1-c1ccnc2[nH]c(C3CCCN(CC(=O)OC(C)(C)C)CC3)cc12. The van der Waals surface area contributed by atoms with Gasteiger partial charge in [0.1, 0.15) is 22.8 Å². The van der Waals surface area contributed by atoms with Crippen molar-refractivity contribution >= 4 is 17.0 Å². The van der Waals surface area contributed by atoms with Gasteiger partial charge in [0, 0.05) is 28.8 Å². The summed E-state index contributed by atoms with van der Waals surface area (Å²) in [5, 5.41) is 0.950. The minimum absolute atomic E-state index is 0.176. The zero-order chi connectivity index (χ0) is 23.6. The number of ether oxygens (including phenoxy) is 2. The molecule has 2 aromatic heterocycles. The molecule has 0 aliphatic carbocycles. The third-order valence-corrected chi connectivity index (χ3v) is 6.04. The molecule has 1 aliphatic rings. The highest BCUT2D eigenvalue weighted by molar-refractivity contribution is 5.95. The molecule has 3 aromatic rings. The topological polar surface area (TPSA) is 67.5 Å². The first-order valence-corrected chi connectivity index (χ1v) is 11.5. The molecule has 1 aromatic carbocycles. The molecular weight excluding hydrogens is 421 g/mol. The summed E-state index contributed by atoms with van der Waals surface area (Å²) >= 11 is 0. The molecule has 0 radical (unpaired) electrons. The van der Waals surface area contributed by atoms with E-state index in [-0.39, 0.29) is 11.8 Å². The summed E-state index contributed by atoms with van der Waals surface area (Å²) in [6.07, 6.45) is 4.70. The first kappa shape index (κ1) is 23.2. The highest BCUT2D eigenvalue weighted by atomic mass is 19.1. The van der Waals surface area contributed by atoms with Gasteiger partial charge < -0.3 is 14.5 Å². The average Bonchev–Trinajstić information content (AvgIpc) is 3.05. The van der Waals surface area contributed by atoms with Crippen molar-refractivity contribution < 1.29 is 18.7 Å². The summed E-state index contributed by atoms with van der Waals surface area (Å²) in [6.45, 7) is 7.70. The number of nitrogens with one attached hydrogen (secondary N) is 1. The summed E-state index contributed by atoms with van der Waals surface area (Å²) in [7, 11) is 1.59. The number of esters is 1. The molecular formula is C26H32FN3O3. The van der Waals surface area contributed by atoms with Crippen LogP contribution in [0, 0.1) is 5.82 Å². The van der Waals surface area contributed by atoms with E-state index in [0.29, 0.717) is 23.8 Å². The van der Waals surface area contributed by atoms with Crippen molar-refractivity contribution in [2.24, 2.45) is 0 Å². The van der Waals surface area contributed by atoms with Gasteiger partial charge in [0.25, 0.3) is 0 Å². The fourth-order valence-electron chi connectivity index (χ4n) is 4.57. The number of aromatic nitrogens is 2. The van der Waals surface area contributed by atoms with Crippen LogP contribution in [-0.4, -0.2) is 53.2 Å². The number of halogens is 1. The Morgan fingerprint density at radius 2 is 2.00 bits per heavy atom. The molecule has 176 valence electrons. The molecule has 33 heavy (non-hydrogen) atoms. The third kappa shape index (κ3) is 5.53. The Balaban J connectivity index is 1.54. The summed E-state index contributed by atoms with van der Waals surface area (Å²) in [5.74, 6) is 0.480. The molecule has 7 heteroatoms. The maximum absolute atomic E-state index is 14.0. The van der Waals surface area contributed by atoms with E-state index in [1.165, 1.54) is 12.1 Å². The number of hydrogen-bond donors (Lipinski definition) is 1. The van der Waals surface area contributed by atoms with Crippen molar-refractivity contribution in [3.8, 4) is 16.9 Å². The van der Waals surface area contributed by atoms with E-state index in [1.54, 1.807) is 19.4 Å². The number of carbonyl (C=O) groups is 1. The summed E-state index contributed by atoms with van der Waals surface area (Å²) < 4.78 is 25.0. The first-order chi connectivity index (χ1) is 15.7. The summed E-state index contributed by atoms with van der Waals surface area (Å²) in [6, 6.07) is 8.58. The minimum atomic E-state index is -0.467. The Labute approximate surface area is 194 Å². The van der Waals surface area contributed by atoms with Gasteiger partial charge in [-0.25, -0.2) is 9.37 Å². The number of likely N-dealkylation sites (tertiary alicyclic amines) is 1. The highest BCUT2D eigenvalue weighted by Crippen LogP contribution is 2.37. The smallest absolute Gasteiger partial charge is 0.320 e. The van der Waals surface area contributed by atoms with Gasteiger partial charge in [0.2, 0.25) is 0 Å². The number of H-pyrrole nitrogens is 1. The maximum atomic E-state index is 14.0. The van der Waals surface area contributed by atoms with Gasteiger partial charge in [0.15, 0.2) is 0 Å². The standard InChI is InChI=1S/C26H32FN3O3/c1-26(2,3)33-24(31)16-30-12-5-6-17(10-13-30)22-15-21-19(9-11-28-25(21)29-22)20-14-18(27)7-8-23(20)32-4/h7-9,11,14-15,17H,5-6,10,12-13,16H2,1-4H3,(H,28,29). The molecule has 0 bridgehead atoms. The Hall–Kier alpha value is -2.93. The molecule has 1 saturated heterocycles. The van der Waals surface area contributed by atoms with Gasteiger partial charge in [-0.2, -0.15) is 0 Å². The summed E-state index contributed by atoms with van der Waals surface area (Å²) in [4.78, 5) is 22.4. The molecule has 0 saturated carbocycles. The maximum Gasteiger partial charge on any atom is 0.320 e. The Morgan fingerprint density at radius 3 is 2.76 bits per heavy atom. The van der Waals surface area contributed by atoms with Crippen molar-refractivity contribution in [1.29, 1.82) is 0 Å². The zero-order valence-corrected chi connectivity index (χ0v) is 19.8. The number of nitrogens with zero attached hydrogens (tertiary/aromatic N) is 2. The van der Waals surface area contributed by atoms with E-state index in [0.717, 1.165) is 54.6 Å². The van der Waals surface area contributed by atoms with Crippen molar-refractivity contribution in [3.63, 3.8) is 0 Å². The predicted octanol–water partition coefficient (Wildman–Crippen LogP) is 5.29. The first-order valence-electron chi connectivity index (χ1n) is 11.5. The van der Waals surface area contributed by atoms with Crippen molar-refractivity contribution in [2.45, 2.75) is 51.6 Å². The molecule has 1 fully saturated rings. The number of methoxy groups -OCH3 is 1. The lowest BCUT2D eigenvalue weighted by Crippen LogP contribution is -2.35. The Kier molecular flexibility index (Phi) is 6.70. The molecule has 0 spiro atoms. The fourth-order valence-corrected chi connectivity index (χ4v) is 4.57. The van der Waals surface area contributed by atoms with Crippen LogP contribution >= 0.6 is 0 Å². The summed E-state index contributed by atoms with van der Waals surface area (Å²) in [5.41, 5.74) is 3.03. The van der Waals surface area contributed by atoms with Crippen LogP contribution in [0.2, 0.25) is 0 Å². The zero-order valence-electron chi connectivity index (χ0n) is 19.8.